The predicted molar refractivity (Wildman–Crippen MR) is 108 cm³/mol. The number of allylic oxidation sites excluding steroid dienone is 1. The van der Waals surface area contributed by atoms with Crippen LogP contribution in [0.5, 0.6) is 5.75 Å². The molecule has 0 aliphatic carbocycles. The van der Waals surface area contributed by atoms with Crippen molar-refractivity contribution in [2.24, 2.45) is 0 Å². The molecule has 5 heteroatoms. The fourth-order valence-corrected chi connectivity index (χ4v) is 3.43. The molecule has 0 radical (unpaired) electrons. The summed E-state index contributed by atoms with van der Waals surface area (Å²) in [5, 5.41) is 0. The van der Waals surface area contributed by atoms with Crippen LogP contribution in [-0.2, 0) is 4.74 Å². The van der Waals surface area contributed by atoms with Crippen molar-refractivity contribution in [2.75, 3.05) is 44.6 Å². The third kappa shape index (κ3) is 4.48. The molecule has 0 saturated carbocycles. The van der Waals surface area contributed by atoms with Gasteiger partial charge < -0.3 is 14.4 Å². The number of hydrogen-bond acceptors (Lipinski definition) is 5. The highest BCUT2D eigenvalue weighted by molar-refractivity contribution is 7.98. The largest absolute Gasteiger partial charge is 0.496 e. The van der Waals surface area contributed by atoms with E-state index < -0.39 is 0 Å². The molecule has 0 atom stereocenters. The average molecular weight is 369 g/mol. The quantitative estimate of drug-likeness (QED) is 0.434. The summed E-state index contributed by atoms with van der Waals surface area (Å²) >= 11 is 1.64. The first kappa shape index (κ1) is 18.5. The number of carbonyl (C=O) groups is 1. The van der Waals surface area contributed by atoms with Gasteiger partial charge in [-0.05, 0) is 54.3 Å². The molecule has 1 heterocycles. The monoisotopic (exact) mass is 369 g/mol. The normalized spacial score (nSPS) is 14.6. The van der Waals surface area contributed by atoms with Gasteiger partial charge in [-0.25, -0.2) is 0 Å². The van der Waals surface area contributed by atoms with Crippen LogP contribution >= 0.6 is 11.8 Å². The molecule has 4 nitrogen and oxygen atoms in total. The molecule has 2 aromatic carbocycles. The van der Waals surface area contributed by atoms with E-state index in [1.165, 1.54) is 0 Å². The molecule has 1 aliphatic heterocycles. The molecule has 0 aromatic heterocycles. The average Bonchev–Trinajstić information content (AvgIpc) is 2.72. The Hall–Kier alpha value is -2.24. The molecule has 0 unspecified atom stereocenters. The van der Waals surface area contributed by atoms with E-state index in [1.807, 2.05) is 54.8 Å². The van der Waals surface area contributed by atoms with E-state index in [-0.39, 0.29) is 5.78 Å². The Morgan fingerprint density at radius 3 is 2.54 bits per heavy atom. The van der Waals surface area contributed by atoms with E-state index in [0.717, 1.165) is 48.2 Å². The van der Waals surface area contributed by atoms with Gasteiger partial charge in [0.2, 0.25) is 0 Å². The summed E-state index contributed by atoms with van der Waals surface area (Å²) in [4.78, 5) is 15.8. The summed E-state index contributed by atoms with van der Waals surface area (Å²) in [6.45, 7) is 3.28. The lowest BCUT2D eigenvalue weighted by atomic mass is 10.1. The van der Waals surface area contributed by atoms with Gasteiger partial charge in [0.1, 0.15) is 5.75 Å². The number of ketones is 1. The number of ether oxygens (including phenoxy) is 2. The van der Waals surface area contributed by atoms with Gasteiger partial charge in [0.15, 0.2) is 5.78 Å². The van der Waals surface area contributed by atoms with Gasteiger partial charge in [-0.2, -0.15) is 0 Å². The SMILES string of the molecule is COc1cc(C=CC(=O)c2ccc(N3CCOCC3)cc2)ccc1SC. The van der Waals surface area contributed by atoms with E-state index in [9.17, 15) is 4.79 Å². The topological polar surface area (TPSA) is 38.8 Å². The van der Waals surface area contributed by atoms with Crippen LogP contribution in [0.4, 0.5) is 5.69 Å². The van der Waals surface area contributed by atoms with Crippen LogP contribution in [-0.4, -0.2) is 45.5 Å². The van der Waals surface area contributed by atoms with Gasteiger partial charge in [0, 0.05) is 29.2 Å². The predicted octanol–water partition coefficient (Wildman–Crippen LogP) is 4.15. The summed E-state index contributed by atoms with van der Waals surface area (Å²) in [5.74, 6) is 0.813. The number of carbonyl (C=O) groups excluding carboxylic acids is 1. The van der Waals surface area contributed by atoms with E-state index >= 15 is 0 Å². The van der Waals surface area contributed by atoms with Crippen molar-refractivity contribution in [2.45, 2.75) is 4.90 Å². The Morgan fingerprint density at radius 2 is 1.88 bits per heavy atom. The van der Waals surface area contributed by atoms with E-state index in [0.29, 0.717) is 5.56 Å². The van der Waals surface area contributed by atoms with Gasteiger partial charge >= 0.3 is 0 Å². The lowest BCUT2D eigenvalue weighted by Crippen LogP contribution is -2.36. The highest BCUT2D eigenvalue weighted by atomic mass is 32.2. The maximum absolute atomic E-state index is 12.4. The third-order valence-electron chi connectivity index (χ3n) is 4.36. The number of benzene rings is 2. The van der Waals surface area contributed by atoms with Crippen LogP contribution < -0.4 is 9.64 Å². The van der Waals surface area contributed by atoms with Gasteiger partial charge in [-0.3, -0.25) is 4.79 Å². The summed E-state index contributed by atoms with van der Waals surface area (Å²) in [7, 11) is 1.66. The highest BCUT2D eigenvalue weighted by Gasteiger charge is 2.11. The minimum atomic E-state index is -0.00793. The number of rotatable bonds is 6. The zero-order chi connectivity index (χ0) is 18.4. The van der Waals surface area contributed by atoms with Crippen LogP contribution in [0.3, 0.4) is 0 Å². The van der Waals surface area contributed by atoms with Crippen molar-refractivity contribution in [3.05, 3.63) is 59.7 Å². The number of methoxy groups -OCH3 is 1. The van der Waals surface area contributed by atoms with Crippen molar-refractivity contribution < 1.29 is 14.3 Å². The third-order valence-corrected chi connectivity index (χ3v) is 5.14. The Bertz CT molecular complexity index is 780. The van der Waals surface area contributed by atoms with Crippen molar-refractivity contribution >= 4 is 29.3 Å². The lowest BCUT2D eigenvalue weighted by molar-refractivity contribution is 0.104. The zero-order valence-corrected chi connectivity index (χ0v) is 15.9. The molecule has 26 heavy (non-hydrogen) atoms. The molecular weight excluding hydrogens is 346 g/mol. The summed E-state index contributed by atoms with van der Waals surface area (Å²) in [5.41, 5.74) is 2.76. The molecule has 136 valence electrons. The first-order chi connectivity index (χ1) is 12.7. The fraction of sp³-hybridized carbons (Fsp3) is 0.286. The summed E-state index contributed by atoms with van der Waals surface area (Å²) < 4.78 is 10.8. The second-order valence-corrected chi connectivity index (χ2v) is 6.81. The smallest absolute Gasteiger partial charge is 0.185 e. The molecule has 0 spiro atoms. The second kappa shape index (κ2) is 8.92. The Kier molecular flexibility index (Phi) is 6.36. The molecule has 1 saturated heterocycles. The molecular formula is C21H23NO3S. The van der Waals surface area contributed by atoms with E-state index in [4.69, 9.17) is 9.47 Å². The molecule has 3 rings (SSSR count). The minimum absolute atomic E-state index is 0.00793. The molecule has 2 aromatic rings. The number of thioether (sulfide) groups is 1. The number of hydrogen-bond donors (Lipinski definition) is 0. The molecule has 0 amide bonds. The lowest BCUT2D eigenvalue weighted by Gasteiger charge is -2.28. The van der Waals surface area contributed by atoms with Crippen LogP contribution in [0.1, 0.15) is 15.9 Å². The maximum Gasteiger partial charge on any atom is 0.185 e. The van der Waals surface area contributed by atoms with E-state index in [2.05, 4.69) is 4.90 Å². The molecule has 1 aliphatic rings. The van der Waals surface area contributed by atoms with Crippen LogP contribution in [0.25, 0.3) is 6.08 Å². The number of morpholine rings is 1. The molecule has 0 N–H and O–H groups in total. The van der Waals surface area contributed by atoms with Crippen molar-refractivity contribution in [1.82, 2.24) is 0 Å². The number of nitrogens with zero attached hydrogens (tertiary/aromatic N) is 1. The van der Waals surface area contributed by atoms with Gasteiger partial charge in [0.25, 0.3) is 0 Å². The Morgan fingerprint density at radius 1 is 1.15 bits per heavy atom. The minimum Gasteiger partial charge on any atom is -0.496 e. The van der Waals surface area contributed by atoms with Crippen LogP contribution in [0, 0.1) is 0 Å². The summed E-state index contributed by atoms with van der Waals surface area (Å²) in [6, 6.07) is 13.7. The maximum atomic E-state index is 12.4. The first-order valence-electron chi connectivity index (χ1n) is 8.58. The van der Waals surface area contributed by atoms with Gasteiger partial charge in [-0.15, -0.1) is 11.8 Å². The van der Waals surface area contributed by atoms with E-state index in [1.54, 1.807) is 24.9 Å². The Labute approximate surface area is 158 Å². The van der Waals surface area contributed by atoms with Crippen molar-refractivity contribution in [3.63, 3.8) is 0 Å². The van der Waals surface area contributed by atoms with Crippen molar-refractivity contribution in [3.8, 4) is 5.75 Å². The molecule has 1 fully saturated rings. The van der Waals surface area contributed by atoms with Gasteiger partial charge in [0.05, 0.1) is 20.3 Å². The first-order valence-corrected chi connectivity index (χ1v) is 9.81. The Balaban J connectivity index is 1.68. The van der Waals surface area contributed by atoms with Crippen LogP contribution in [0.15, 0.2) is 53.4 Å². The zero-order valence-electron chi connectivity index (χ0n) is 15.1. The second-order valence-electron chi connectivity index (χ2n) is 5.96. The van der Waals surface area contributed by atoms with Gasteiger partial charge in [-0.1, -0.05) is 12.1 Å². The summed E-state index contributed by atoms with van der Waals surface area (Å²) in [6.07, 6.45) is 5.44. The molecule has 0 bridgehead atoms. The van der Waals surface area contributed by atoms with Crippen LogP contribution in [0.2, 0.25) is 0 Å². The standard InChI is InChI=1S/C21H23NO3S/c1-24-20-15-16(4-10-21(20)26-2)3-9-19(23)17-5-7-18(8-6-17)22-11-13-25-14-12-22/h3-10,15H,11-14H2,1-2H3. The number of anilines is 1. The van der Waals surface area contributed by atoms with Crippen molar-refractivity contribution in [1.29, 1.82) is 0 Å². The fourth-order valence-electron chi connectivity index (χ4n) is 2.88. The highest BCUT2D eigenvalue weighted by Crippen LogP contribution is 2.28.